The number of carbonyl (C=O) groups excluding carboxylic acids is 1. The van der Waals surface area contributed by atoms with Crippen LogP contribution >= 0.6 is 0 Å². The second kappa shape index (κ2) is 9.09. The van der Waals surface area contributed by atoms with E-state index in [2.05, 4.69) is 26.0 Å². The molecule has 0 fully saturated rings. The molecule has 0 saturated heterocycles. The number of carbonyl (C=O) groups is 1. The summed E-state index contributed by atoms with van der Waals surface area (Å²) in [5.41, 5.74) is 1.84. The predicted octanol–water partition coefficient (Wildman–Crippen LogP) is 5.89. The Balaban J connectivity index is 1.57. The van der Waals surface area contributed by atoms with Crippen LogP contribution in [-0.4, -0.2) is 12.9 Å². The Hall–Kier alpha value is -3.27. The molecule has 144 valence electrons. The van der Waals surface area contributed by atoms with Crippen molar-refractivity contribution in [3.8, 4) is 11.5 Å². The minimum atomic E-state index is -0.113. The fourth-order valence-corrected chi connectivity index (χ4v) is 2.70. The van der Waals surface area contributed by atoms with Gasteiger partial charge in [0, 0.05) is 5.56 Å². The molecule has 0 N–H and O–H groups in total. The van der Waals surface area contributed by atoms with Crippen molar-refractivity contribution in [2.24, 2.45) is 0 Å². The molecule has 3 rings (SSSR count). The Bertz CT molecular complexity index is 949. The van der Waals surface area contributed by atoms with Gasteiger partial charge in [0.25, 0.3) is 0 Å². The van der Waals surface area contributed by atoms with E-state index >= 15 is 0 Å². The molecule has 0 bridgehead atoms. The molecule has 4 nitrogen and oxygen atoms in total. The molecule has 0 atom stereocenters. The largest absolute Gasteiger partial charge is 0.497 e. The topological polar surface area (TPSA) is 48.7 Å². The van der Waals surface area contributed by atoms with E-state index in [-0.39, 0.29) is 5.78 Å². The molecule has 0 aliphatic carbocycles. The van der Waals surface area contributed by atoms with Gasteiger partial charge < -0.3 is 13.9 Å². The Labute approximate surface area is 165 Å². The van der Waals surface area contributed by atoms with Crippen LogP contribution in [0.4, 0.5) is 0 Å². The second-order valence-electron chi connectivity index (χ2n) is 6.75. The lowest BCUT2D eigenvalue weighted by Crippen LogP contribution is -1.95. The summed E-state index contributed by atoms with van der Waals surface area (Å²) in [5.74, 6) is 3.13. The Morgan fingerprint density at radius 1 is 1.04 bits per heavy atom. The summed E-state index contributed by atoms with van der Waals surface area (Å²) in [5, 5.41) is 0. The van der Waals surface area contributed by atoms with Crippen molar-refractivity contribution in [3.63, 3.8) is 0 Å². The van der Waals surface area contributed by atoms with Crippen molar-refractivity contribution in [2.75, 3.05) is 7.11 Å². The number of ketones is 1. The third-order valence-corrected chi connectivity index (χ3v) is 4.36. The van der Waals surface area contributed by atoms with Gasteiger partial charge in [0.2, 0.25) is 0 Å². The van der Waals surface area contributed by atoms with E-state index in [9.17, 15) is 4.79 Å². The van der Waals surface area contributed by atoms with Crippen molar-refractivity contribution in [3.05, 3.63) is 89.4 Å². The van der Waals surface area contributed by atoms with E-state index in [4.69, 9.17) is 13.9 Å². The zero-order valence-electron chi connectivity index (χ0n) is 16.3. The van der Waals surface area contributed by atoms with E-state index in [1.807, 2.05) is 24.3 Å². The molecule has 0 aliphatic heterocycles. The van der Waals surface area contributed by atoms with Gasteiger partial charge in [0.15, 0.2) is 5.78 Å². The molecule has 3 aromatic rings. The number of ether oxygens (including phenoxy) is 2. The van der Waals surface area contributed by atoms with Gasteiger partial charge in [0.1, 0.15) is 29.6 Å². The van der Waals surface area contributed by atoms with E-state index in [0.29, 0.717) is 35.4 Å². The highest BCUT2D eigenvalue weighted by molar-refractivity contribution is 6.06. The van der Waals surface area contributed by atoms with Crippen LogP contribution in [-0.2, 0) is 6.61 Å². The summed E-state index contributed by atoms with van der Waals surface area (Å²) in [6, 6.07) is 18.8. The zero-order valence-corrected chi connectivity index (χ0v) is 16.3. The number of benzene rings is 2. The first-order valence-corrected chi connectivity index (χ1v) is 9.23. The van der Waals surface area contributed by atoms with Crippen LogP contribution in [0.2, 0.25) is 0 Å². The fraction of sp³-hybridized carbons (Fsp3) is 0.208. The van der Waals surface area contributed by atoms with Crippen LogP contribution in [0.1, 0.15) is 47.2 Å². The third-order valence-electron chi connectivity index (χ3n) is 4.36. The van der Waals surface area contributed by atoms with E-state index < -0.39 is 0 Å². The standard InChI is InChI=1S/C24H24O4/c1-17(2)18-7-9-20(10-8-18)27-16-23-12-11-21(28-23)13-14-24(25)19-5-4-6-22(15-19)26-3/h4-15,17H,16H2,1-3H3/b14-13+. The summed E-state index contributed by atoms with van der Waals surface area (Å²) in [4.78, 5) is 12.3. The van der Waals surface area contributed by atoms with Crippen molar-refractivity contribution < 1.29 is 18.7 Å². The highest BCUT2D eigenvalue weighted by Gasteiger charge is 2.05. The second-order valence-corrected chi connectivity index (χ2v) is 6.75. The van der Waals surface area contributed by atoms with E-state index in [1.54, 1.807) is 37.5 Å². The highest BCUT2D eigenvalue weighted by atomic mass is 16.5. The molecule has 1 aromatic heterocycles. The zero-order chi connectivity index (χ0) is 19.9. The average Bonchev–Trinajstić information content (AvgIpc) is 3.18. The summed E-state index contributed by atoms with van der Waals surface area (Å²) in [7, 11) is 1.57. The molecule has 0 radical (unpaired) electrons. The Morgan fingerprint density at radius 2 is 1.82 bits per heavy atom. The molecule has 0 saturated carbocycles. The van der Waals surface area contributed by atoms with Gasteiger partial charge in [0.05, 0.1) is 7.11 Å². The van der Waals surface area contributed by atoms with Gasteiger partial charge in [-0.05, 0) is 60.0 Å². The number of methoxy groups -OCH3 is 1. The minimum absolute atomic E-state index is 0.113. The van der Waals surface area contributed by atoms with Gasteiger partial charge in [-0.25, -0.2) is 0 Å². The summed E-state index contributed by atoms with van der Waals surface area (Å²) in [6.07, 6.45) is 3.14. The minimum Gasteiger partial charge on any atom is -0.497 e. The number of furan rings is 1. The van der Waals surface area contributed by atoms with Gasteiger partial charge in [-0.15, -0.1) is 0 Å². The van der Waals surface area contributed by atoms with E-state index in [1.165, 1.54) is 11.6 Å². The van der Waals surface area contributed by atoms with Crippen molar-refractivity contribution in [1.82, 2.24) is 0 Å². The molecule has 4 heteroatoms. The van der Waals surface area contributed by atoms with Crippen molar-refractivity contribution in [1.29, 1.82) is 0 Å². The lowest BCUT2D eigenvalue weighted by Gasteiger charge is -2.07. The van der Waals surface area contributed by atoms with Crippen LogP contribution in [0.15, 0.2) is 71.2 Å². The molecular weight excluding hydrogens is 352 g/mol. The maximum Gasteiger partial charge on any atom is 0.186 e. The summed E-state index contributed by atoms with van der Waals surface area (Å²) in [6.45, 7) is 4.65. The summed E-state index contributed by atoms with van der Waals surface area (Å²) >= 11 is 0. The van der Waals surface area contributed by atoms with Crippen molar-refractivity contribution >= 4 is 11.9 Å². The molecule has 0 unspecified atom stereocenters. The van der Waals surface area contributed by atoms with Crippen LogP contribution in [0, 0.1) is 0 Å². The van der Waals surface area contributed by atoms with Crippen LogP contribution in [0.3, 0.4) is 0 Å². The molecular formula is C24H24O4. The van der Waals surface area contributed by atoms with Crippen LogP contribution in [0.5, 0.6) is 11.5 Å². The fourth-order valence-electron chi connectivity index (χ4n) is 2.70. The molecule has 0 aliphatic rings. The molecule has 0 amide bonds. The molecule has 28 heavy (non-hydrogen) atoms. The van der Waals surface area contributed by atoms with Crippen LogP contribution in [0.25, 0.3) is 6.08 Å². The third kappa shape index (κ3) is 5.13. The lowest BCUT2D eigenvalue weighted by molar-refractivity contribution is 0.104. The average molecular weight is 376 g/mol. The van der Waals surface area contributed by atoms with Crippen molar-refractivity contribution in [2.45, 2.75) is 26.4 Å². The molecule has 0 spiro atoms. The maximum atomic E-state index is 12.3. The van der Waals surface area contributed by atoms with Gasteiger partial charge in [-0.1, -0.05) is 38.1 Å². The molecule has 1 heterocycles. The SMILES string of the molecule is COc1cccc(C(=O)/C=C/c2ccc(COc3ccc(C(C)C)cc3)o2)c1. The summed E-state index contributed by atoms with van der Waals surface area (Å²) < 4.78 is 16.6. The maximum absolute atomic E-state index is 12.3. The highest BCUT2D eigenvalue weighted by Crippen LogP contribution is 2.20. The van der Waals surface area contributed by atoms with Gasteiger partial charge in [-0.2, -0.15) is 0 Å². The number of hydrogen-bond acceptors (Lipinski definition) is 4. The smallest absolute Gasteiger partial charge is 0.186 e. The lowest BCUT2D eigenvalue weighted by atomic mass is 10.0. The number of hydrogen-bond donors (Lipinski definition) is 0. The Morgan fingerprint density at radius 3 is 2.54 bits per heavy atom. The van der Waals surface area contributed by atoms with Gasteiger partial charge in [-0.3, -0.25) is 4.79 Å². The predicted molar refractivity (Wildman–Crippen MR) is 110 cm³/mol. The molecule has 2 aromatic carbocycles. The Kier molecular flexibility index (Phi) is 6.33. The first kappa shape index (κ1) is 19.5. The quantitative estimate of drug-likeness (QED) is 0.363. The first-order chi connectivity index (χ1) is 13.5. The first-order valence-electron chi connectivity index (χ1n) is 9.23. The van der Waals surface area contributed by atoms with Crippen LogP contribution < -0.4 is 9.47 Å². The van der Waals surface area contributed by atoms with Gasteiger partial charge >= 0.3 is 0 Å². The van der Waals surface area contributed by atoms with E-state index in [0.717, 1.165) is 5.75 Å². The normalized spacial score (nSPS) is 11.1. The number of allylic oxidation sites excluding steroid dienone is 1. The number of rotatable bonds is 8. The monoisotopic (exact) mass is 376 g/mol.